The lowest BCUT2D eigenvalue weighted by Crippen LogP contribution is -2.32. The van der Waals surface area contributed by atoms with Gasteiger partial charge in [-0.05, 0) is 67.9 Å². The molecule has 4 bridgehead atoms. The molecule has 4 saturated carbocycles. The van der Waals surface area contributed by atoms with Gasteiger partial charge in [0.05, 0.1) is 0 Å². The highest BCUT2D eigenvalue weighted by Gasteiger charge is 2.60. The molecule has 122 valence electrons. The molecule has 6 rings (SSSR count). The quantitative estimate of drug-likeness (QED) is 0.877. The van der Waals surface area contributed by atoms with E-state index in [-0.39, 0.29) is 16.3 Å². The lowest BCUT2D eigenvalue weighted by molar-refractivity contribution is 0.258. The predicted molar refractivity (Wildman–Crippen MR) is 88.7 cm³/mol. The molecule has 2 heterocycles. The Morgan fingerprint density at radius 2 is 2.00 bits per heavy atom. The number of rotatable bonds is 3. The van der Waals surface area contributed by atoms with Gasteiger partial charge in [-0.15, -0.1) is 0 Å². The molecule has 2 aromatic rings. The second-order valence-electron chi connectivity index (χ2n) is 7.82. The van der Waals surface area contributed by atoms with Crippen LogP contribution in [0.5, 0.6) is 0 Å². The summed E-state index contributed by atoms with van der Waals surface area (Å²) in [6.45, 7) is 2.96. The van der Waals surface area contributed by atoms with Crippen LogP contribution in [0.1, 0.15) is 51.3 Å². The number of aromatic nitrogens is 4. The van der Waals surface area contributed by atoms with Crippen molar-refractivity contribution in [2.24, 2.45) is 17.8 Å². The second kappa shape index (κ2) is 4.59. The first-order valence-electron chi connectivity index (χ1n) is 8.77. The van der Waals surface area contributed by atoms with Crippen molar-refractivity contribution in [3.8, 4) is 0 Å². The molecule has 1 N–H and O–H groups in total. The molecule has 2 atom stereocenters. The summed E-state index contributed by atoms with van der Waals surface area (Å²) in [5, 5.41) is 0.130. The zero-order valence-corrected chi connectivity index (χ0v) is 14.1. The van der Waals surface area contributed by atoms with E-state index in [1.165, 1.54) is 32.1 Å². The molecule has 0 aliphatic heterocycles. The van der Waals surface area contributed by atoms with Crippen molar-refractivity contribution in [1.29, 1.82) is 0 Å². The third-order valence-electron chi connectivity index (χ3n) is 6.47. The summed E-state index contributed by atoms with van der Waals surface area (Å²) < 4.78 is 2.15. The monoisotopic (exact) mass is 332 g/mol. The van der Waals surface area contributed by atoms with Gasteiger partial charge in [0.15, 0.2) is 11.2 Å². The molecule has 0 radical (unpaired) electrons. The molecule has 4 fully saturated rings. The van der Waals surface area contributed by atoms with E-state index in [0.717, 1.165) is 36.5 Å². The van der Waals surface area contributed by atoms with Crippen LogP contribution in [-0.4, -0.2) is 19.5 Å². The Hall–Kier alpha value is -1.36. The van der Waals surface area contributed by atoms with E-state index in [9.17, 15) is 4.79 Å². The Balaban J connectivity index is 1.77. The largest absolute Gasteiger partial charge is 0.322 e. The fourth-order valence-electron chi connectivity index (χ4n) is 6.00. The lowest BCUT2D eigenvalue weighted by Gasteiger charge is -2.32. The number of aryl methyl sites for hydroxylation is 1. The molecule has 4 aliphatic rings. The number of hydrogen-bond acceptors (Lipinski definition) is 3. The van der Waals surface area contributed by atoms with Crippen molar-refractivity contribution < 1.29 is 0 Å². The number of aromatic amines is 1. The van der Waals surface area contributed by atoms with Crippen molar-refractivity contribution in [1.82, 2.24) is 19.5 Å². The van der Waals surface area contributed by atoms with E-state index in [4.69, 9.17) is 16.6 Å². The second-order valence-corrected chi connectivity index (χ2v) is 8.17. The SMILES string of the molecule is CCCn1c(C23CC4CC(CC2C4)C3)nc2nc(Cl)[nH]c(=O)c21. The fourth-order valence-corrected chi connectivity index (χ4v) is 6.16. The average Bonchev–Trinajstić information content (AvgIpc) is 3.05. The molecule has 23 heavy (non-hydrogen) atoms. The molecule has 5 nitrogen and oxygen atoms in total. The topological polar surface area (TPSA) is 63.6 Å². The molecule has 2 aromatic heterocycles. The molecule has 0 saturated heterocycles. The number of nitrogens with zero attached hydrogens (tertiary/aromatic N) is 3. The first kappa shape index (κ1) is 14.0. The van der Waals surface area contributed by atoms with Crippen LogP contribution < -0.4 is 5.56 Å². The first-order valence-corrected chi connectivity index (χ1v) is 9.15. The van der Waals surface area contributed by atoms with E-state index in [1.54, 1.807) is 0 Å². The lowest BCUT2D eigenvalue weighted by atomic mass is 9.75. The molecular formula is C17H21ClN4O. The van der Waals surface area contributed by atoms with Crippen LogP contribution in [0.15, 0.2) is 4.79 Å². The molecule has 2 unspecified atom stereocenters. The third kappa shape index (κ3) is 1.77. The summed E-state index contributed by atoms with van der Waals surface area (Å²) in [5.74, 6) is 3.58. The summed E-state index contributed by atoms with van der Waals surface area (Å²) in [5.41, 5.74) is 1.14. The fraction of sp³-hybridized carbons (Fsp3) is 0.706. The minimum absolute atomic E-state index is 0.130. The van der Waals surface area contributed by atoms with Gasteiger partial charge in [-0.25, -0.2) is 4.98 Å². The zero-order valence-electron chi connectivity index (χ0n) is 13.3. The maximum Gasteiger partial charge on any atom is 0.278 e. The smallest absolute Gasteiger partial charge is 0.278 e. The first-order chi connectivity index (χ1) is 11.1. The number of nitrogens with one attached hydrogen (secondary N) is 1. The van der Waals surface area contributed by atoms with E-state index < -0.39 is 0 Å². The van der Waals surface area contributed by atoms with Gasteiger partial charge < -0.3 is 4.57 Å². The Morgan fingerprint density at radius 3 is 2.70 bits per heavy atom. The standard InChI is InChI=1S/C17H21ClN4O/c1-2-3-22-12-13(20-16(18)21-14(12)23)19-15(22)17-7-9-4-10(8-17)6-11(17)5-9/h9-11H,2-8H2,1H3,(H,20,21,23). The van der Waals surface area contributed by atoms with Crippen molar-refractivity contribution in [3.05, 3.63) is 21.5 Å². The van der Waals surface area contributed by atoms with E-state index >= 15 is 0 Å². The van der Waals surface area contributed by atoms with Gasteiger partial charge in [0.2, 0.25) is 5.28 Å². The zero-order chi connectivity index (χ0) is 15.8. The third-order valence-corrected chi connectivity index (χ3v) is 6.65. The van der Waals surface area contributed by atoms with Crippen LogP contribution in [0.4, 0.5) is 0 Å². The van der Waals surface area contributed by atoms with Crippen LogP contribution in [0, 0.1) is 17.8 Å². The Labute approximate surface area is 139 Å². The van der Waals surface area contributed by atoms with Gasteiger partial charge in [-0.3, -0.25) is 9.78 Å². The van der Waals surface area contributed by atoms with Crippen molar-refractivity contribution in [2.45, 2.75) is 57.4 Å². The van der Waals surface area contributed by atoms with E-state index in [1.807, 2.05) is 0 Å². The number of H-pyrrole nitrogens is 1. The minimum Gasteiger partial charge on any atom is -0.322 e. The molecule has 0 aromatic carbocycles. The molecule has 4 aliphatic carbocycles. The summed E-state index contributed by atoms with van der Waals surface area (Å²) in [6.07, 6.45) is 7.55. The van der Waals surface area contributed by atoms with Crippen LogP contribution in [0.25, 0.3) is 11.2 Å². The maximum absolute atomic E-state index is 12.4. The van der Waals surface area contributed by atoms with Gasteiger partial charge in [-0.2, -0.15) is 4.98 Å². The van der Waals surface area contributed by atoms with Gasteiger partial charge in [-0.1, -0.05) is 6.92 Å². The minimum atomic E-state index is -0.165. The van der Waals surface area contributed by atoms with Gasteiger partial charge >= 0.3 is 0 Å². The highest BCUT2D eigenvalue weighted by molar-refractivity contribution is 6.28. The Bertz CT molecular complexity index is 840. The molecule has 0 amide bonds. The summed E-state index contributed by atoms with van der Waals surface area (Å²) >= 11 is 5.95. The summed E-state index contributed by atoms with van der Waals surface area (Å²) in [7, 11) is 0. The van der Waals surface area contributed by atoms with Crippen LogP contribution >= 0.6 is 11.6 Å². The molecule has 0 spiro atoms. The number of fused-ring (bicyclic) bond motifs is 1. The number of halogens is 1. The number of imidazole rings is 1. The normalized spacial score (nSPS) is 34.8. The maximum atomic E-state index is 12.4. The average molecular weight is 333 g/mol. The highest BCUT2D eigenvalue weighted by atomic mass is 35.5. The van der Waals surface area contributed by atoms with E-state index in [2.05, 4.69) is 21.5 Å². The summed E-state index contributed by atoms with van der Waals surface area (Å²) in [6, 6.07) is 0. The Morgan fingerprint density at radius 1 is 1.26 bits per heavy atom. The summed E-state index contributed by atoms with van der Waals surface area (Å²) in [4.78, 5) is 24.2. The van der Waals surface area contributed by atoms with Crippen molar-refractivity contribution in [2.75, 3.05) is 0 Å². The van der Waals surface area contributed by atoms with E-state index in [0.29, 0.717) is 11.2 Å². The van der Waals surface area contributed by atoms with Crippen LogP contribution in [0.3, 0.4) is 0 Å². The van der Waals surface area contributed by atoms with Gasteiger partial charge in [0, 0.05) is 12.0 Å². The molecular weight excluding hydrogens is 312 g/mol. The van der Waals surface area contributed by atoms with Gasteiger partial charge in [0.1, 0.15) is 5.82 Å². The van der Waals surface area contributed by atoms with Crippen molar-refractivity contribution in [3.63, 3.8) is 0 Å². The molecule has 6 heteroatoms. The van der Waals surface area contributed by atoms with Crippen molar-refractivity contribution >= 4 is 22.8 Å². The number of hydrogen-bond donors (Lipinski definition) is 1. The predicted octanol–water partition coefficient (Wildman–Crippen LogP) is 3.26. The van der Waals surface area contributed by atoms with Gasteiger partial charge in [0.25, 0.3) is 5.56 Å². The van der Waals surface area contributed by atoms with Crippen LogP contribution in [-0.2, 0) is 12.0 Å². The van der Waals surface area contributed by atoms with Crippen LogP contribution in [0.2, 0.25) is 5.28 Å². The Kier molecular flexibility index (Phi) is 2.80. The highest BCUT2D eigenvalue weighted by Crippen LogP contribution is 2.65.